The number of ketones is 1. The van der Waals surface area contributed by atoms with Crippen LogP contribution in [0.4, 0.5) is 0 Å². The van der Waals surface area contributed by atoms with Gasteiger partial charge in [0.15, 0.2) is 5.69 Å². The fraction of sp³-hybridized carbons (Fsp3) is 0. The first-order valence-electron chi connectivity index (χ1n) is 8.08. The maximum Gasteiger partial charge on any atom is 0.364 e. The average Bonchev–Trinajstić information content (AvgIpc) is 3.08. The van der Waals surface area contributed by atoms with Gasteiger partial charge in [-0.2, -0.15) is 0 Å². The van der Waals surface area contributed by atoms with Crippen molar-refractivity contribution in [3.8, 4) is 5.75 Å². The number of rotatable bonds is 4. The number of hydrogen-bond donors (Lipinski definition) is 0. The molecule has 5 heteroatoms. The second-order valence-corrected chi connectivity index (χ2v) is 5.64. The standard InChI is InChI=1S/C21H14N2O3/c24-20(15-9-3-1-4-10-15)19-18(22-17-13-7-8-14-23(17)19)21(25)26-16-11-5-2-6-12-16/h1-14H. The van der Waals surface area contributed by atoms with E-state index < -0.39 is 5.97 Å². The van der Waals surface area contributed by atoms with Crippen molar-refractivity contribution in [2.75, 3.05) is 0 Å². The van der Waals surface area contributed by atoms with Crippen molar-refractivity contribution in [1.29, 1.82) is 0 Å². The molecule has 2 aromatic carbocycles. The molecule has 0 aliphatic rings. The van der Waals surface area contributed by atoms with Gasteiger partial charge in [0.1, 0.15) is 17.1 Å². The van der Waals surface area contributed by atoms with Gasteiger partial charge in [-0.1, -0.05) is 54.6 Å². The molecule has 126 valence electrons. The van der Waals surface area contributed by atoms with Crippen molar-refractivity contribution in [2.24, 2.45) is 0 Å². The van der Waals surface area contributed by atoms with Gasteiger partial charge in [-0.3, -0.25) is 9.20 Å². The number of imidazole rings is 1. The van der Waals surface area contributed by atoms with E-state index >= 15 is 0 Å². The topological polar surface area (TPSA) is 60.7 Å². The van der Waals surface area contributed by atoms with E-state index in [1.54, 1.807) is 77.3 Å². The molecule has 26 heavy (non-hydrogen) atoms. The van der Waals surface area contributed by atoms with Crippen LogP contribution >= 0.6 is 0 Å². The van der Waals surface area contributed by atoms with Crippen molar-refractivity contribution in [2.45, 2.75) is 0 Å². The Hall–Kier alpha value is -3.73. The summed E-state index contributed by atoms with van der Waals surface area (Å²) in [6, 6.07) is 22.8. The smallest absolute Gasteiger partial charge is 0.364 e. The van der Waals surface area contributed by atoms with Crippen molar-refractivity contribution in [3.05, 3.63) is 102 Å². The number of para-hydroxylation sites is 1. The molecule has 0 unspecified atom stereocenters. The largest absolute Gasteiger partial charge is 0.422 e. The SMILES string of the molecule is O=C(Oc1ccccc1)c1nc2ccccn2c1C(=O)c1ccccc1. The number of ether oxygens (including phenoxy) is 1. The highest BCUT2D eigenvalue weighted by atomic mass is 16.5. The Bertz CT molecular complexity index is 1090. The molecule has 0 aliphatic carbocycles. The van der Waals surface area contributed by atoms with Crippen LogP contribution in [0.5, 0.6) is 5.75 Å². The molecule has 0 spiro atoms. The van der Waals surface area contributed by atoms with Crippen LogP contribution in [0.3, 0.4) is 0 Å². The van der Waals surface area contributed by atoms with E-state index in [4.69, 9.17) is 4.74 Å². The fourth-order valence-electron chi connectivity index (χ4n) is 2.73. The summed E-state index contributed by atoms with van der Waals surface area (Å²) in [7, 11) is 0. The summed E-state index contributed by atoms with van der Waals surface area (Å²) < 4.78 is 7.00. The molecule has 0 saturated heterocycles. The van der Waals surface area contributed by atoms with E-state index in [1.807, 2.05) is 12.1 Å². The first-order chi connectivity index (χ1) is 12.7. The minimum Gasteiger partial charge on any atom is -0.422 e. The normalized spacial score (nSPS) is 10.6. The zero-order valence-electron chi connectivity index (χ0n) is 13.7. The second-order valence-electron chi connectivity index (χ2n) is 5.64. The Morgan fingerprint density at radius 2 is 1.46 bits per heavy atom. The summed E-state index contributed by atoms with van der Waals surface area (Å²) in [5.41, 5.74) is 1.17. The molecule has 0 atom stereocenters. The number of esters is 1. The minimum absolute atomic E-state index is 0.00564. The lowest BCUT2D eigenvalue weighted by Gasteiger charge is -2.05. The number of pyridine rings is 1. The monoisotopic (exact) mass is 342 g/mol. The second kappa shape index (κ2) is 6.64. The molecule has 2 heterocycles. The zero-order valence-corrected chi connectivity index (χ0v) is 13.7. The van der Waals surface area contributed by atoms with Crippen LogP contribution in [0.2, 0.25) is 0 Å². The van der Waals surface area contributed by atoms with Gasteiger partial charge in [-0.05, 0) is 24.3 Å². The van der Waals surface area contributed by atoms with Crippen LogP contribution in [0, 0.1) is 0 Å². The number of carbonyl (C=O) groups is 2. The van der Waals surface area contributed by atoms with E-state index in [0.29, 0.717) is 17.0 Å². The van der Waals surface area contributed by atoms with Crippen LogP contribution in [0.25, 0.3) is 5.65 Å². The number of benzene rings is 2. The third-order valence-electron chi connectivity index (χ3n) is 3.93. The van der Waals surface area contributed by atoms with Crippen molar-refractivity contribution in [3.63, 3.8) is 0 Å². The molecule has 0 amide bonds. The van der Waals surface area contributed by atoms with E-state index in [1.165, 1.54) is 0 Å². The predicted molar refractivity (Wildman–Crippen MR) is 96.5 cm³/mol. The maximum absolute atomic E-state index is 13.0. The maximum atomic E-state index is 13.0. The van der Waals surface area contributed by atoms with Crippen LogP contribution in [0.1, 0.15) is 26.5 Å². The summed E-state index contributed by atoms with van der Waals surface area (Å²) in [5.74, 6) is -0.559. The summed E-state index contributed by atoms with van der Waals surface area (Å²) in [6.07, 6.45) is 1.71. The number of fused-ring (bicyclic) bond motifs is 1. The lowest BCUT2D eigenvalue weighted by atomic mass is 10.1. The third kappa shape index (κ3) is 2.86. The molecule has 0 bridgehead atoms. The lowest BCUT2D eigenvalue weighted by Crippen LogP contribution is -2.16. The minimum atomic E-state index is -0.667. The average molecular weight is 342 g/mol. The Labute approximate surface area is 149 Å². The molecule has 0 saturated carbocycles. The fourth-order valence-corrected chi connectivity index (χ4v) is 2.73. The molecule has 4 rings (SSSR count). The molecular weight excluding hydrogens is 328 g/mol. The van der Waals surface area contributed by atoms with Crippen LogP contribution in [0.15, 0.2) is 85.1 Å². The van der Waals surface area contributed by atoms with Crippen molar-refractivity contribution < 1.29 is 14.3 Å². The summed E-state index contributed by atoms with van der Waals surface area (Å²) in [4.78, 5) is 30.0. The highest BCUT2D eigenvalue weighted by molar-refractivity contribution is 6.13. The third-order valence-corrected chi connectivity index (χ3v) is 3.93. The van der Waals surface area contributed by atoms with E-state index in [-0.39, 0.29) is 17.2 Å². The van der Waals surface area contributed by atoms with Crippen LogP contribution in [-0.2, 0) is 0 Å². The quantitative estimate of drug-likeness (QED) is 0.322. The highest BCUT2D eigenvalue weighted by Gasteiger charge is 2.26. The molecule has 2 aromatic heterocycles. The van der Waals surface area contributed by atoms with E-state index in [9.17, 15) is 9.59 Å². The molecule has 5 nitrogen and oxygen atoms in total. The van der Waals surface area contributed by atoms with E-state index in [2.05, 4.69) is 4.98 Å². The van der Waals surface area contributed by atoms with Gasteiger partial charge >= 0.3 is 5.97 Å². The molecule has 0 aliphatic heterocycles. The lowest BCUT2D eigenvalue weighted by molar-refractivity contribution is 0.0724. The van der Waals surface area contributed by atoms with Gasteiger partial charge in [0.05, 0.1) is 0 Å². The number of carbonyl (C=O) groups excluding carboxylic acids is 2. The van der Waals surface area contributed by atoms with Gasteiger partial charge in [-0.25, -0.2) is 9.78 Å². The van der Waals surface area contributed by atoms with E-state index in [0.717, 1.165) is 0 Å². The number of nitrogens with zero attached hydrogens (tertiary/aromatic N) is 2. The van der Waals surface area contributed by atoms with Gasteiger partial charge in [0, 0.05) is 11.8 Å². The first kappa shape index (κ1) is 15.8. The van der Waals surface area contributed by atoms with Crippen LogP contribution in [-0.4, -0.2) is 21.1 Å². The summed E-state index contributed by atoms with van der Waals surface area (Å²) >= 11 is 0. The molecule has 0 radical (unpaired) electrons. The van der Waals surface area contributed by atoms with Gasteiger partial charge in [-0.15, -0.1) is 0 Å². The number of aromatic nitrogens is 2. The Morgan fingerprint density at radius 1 is 0.808 bits per heavy atom. The van der Waals surface area contributed by atoms with Gasteiger partial charge in [0.2, 0.25) is 5.78 Å². The van der Waals surface area contributed by atoms with Crippen molar-refractivity contribution >= 4 is 17.4 Å². The summed E-state index contributed by atoms with van der Waals surface area (Å²) in [6.45, 7) is 0. The molecule has 0 N–H and O–H groups in total. The zero-order chi connectivity index (χ0) is 17.9. The first-order valence-corrected chi connectivity index (χ1v) is 8.08. The van der Waals surface area contributed by atoms with Crippen LogP contribution < -0.4 is 4.74 Å². The summed E-state index contributed by atoms with van der Waals surface area (Å²) in [5, 5.41) is 0. The number of hydrogen-bond acceptors (Lipinski definition) is 4. The molecular formula is C21H14N2O3. The van der Waals surface area contributed by atoms with Crippen molar-refractivity contribution in [1.82, 2.24) is 9.38 Å². The Morgan fingerprint density at radius 3 is 2.19 bits per heavy atom. The Kier molecular flexibility index (Phi) is 4.03. The highest BCUT2D eigenvalue weighted by Crippen LogP contribution is 2.19. The van der Waals surface area contributed by atoms with Gasteiger partial charge in [0.25, 0.3) is 0 Å². The van der Waals surface area contributed by atoms with Gasteiger partial charge < -0.3 is 4.74 Å². The Balaban J connectivity index is 1.82. The molecule has 4 aromatic rings. The molecule has 0 fully saturated rings. The predicted octanol–water partition coefficient (Wildman–Crippen LogP) is 3.78.